The minimum absolute atomic E-state index is 0.130. The van der Waals surface area contributed by atoms with Gasteiger partial charge in [0.25, 0.3) is 5.91 Å². The van der Waals surface area contributed by atoms with Crippen molar-refractivity contribution in [2.75, 3.05) is 0 Å². The van der Waals surface area contributed by atoms with E-state index in [1.807, 2.05) is 6.07 Å². The Labute approximate surface area is 126 Å². The van der Waals surface area contributed by atoms with E-state index in [1.54, 1.807) is 13.1 Å². The summed E-state index contributed by atoms with van der Waals surface area (Å²) in [6, 6.07) is 7.17. The minimum atomic E-state index is -0.962. The molecule has 114 valence electrons. The van der Waals surface area contributed by atoms with Crippen LogP contribution in [-0.4, -0.2) is 20.8 Å². The van der Waals surface area contributed by atoms with Gasteiger partial charge in [-0.2, -0.15) is 10.4 Å². The first-order valence-electron chi connectivity index (χ1n) is 6.61. The van der Waals surface area contributed by atoms with Crippen LogP contribution in [0.15, 0.2) is 24.3 Å². The largest absolute Gasteiger partial charge is 0.389 e. The van der Waals surface area contributed by atoms with Gasteiger partial charge in [-0.15, -0.1) is 0 Å². The molecule has 1 amide bonds. The number of aliphatic hydroxyl groups excluding tert-OH is 1. The van der Waals surface area contributed by atoms with E-state index < -0.39 is 17.8 Å². The Bertz CT molecular complexity index is 746. The first-order chi connectivity index (χ1) is 10.4. The van der Waals surface area contributed by atoms with Gasteiger partial charge >= 0.3 is 0 Å². The number of halogens is 1. The number of hydrogen-bond acceptors (Lipinski definition) is 4. The Balaban J connectivity index is 2.14. The number of nitrogens with one attached hydrogen (secondary N) is 1. The monoisotopic (exact) mass is 302 g/mol. The molecule has 0 saturated carbocycles. The average molecular weight is 302 g/mol. The number of hydrogen-bond donors (Lipinski definition) is 2. The van der Waals surface area contributed by atoms with Gasteiger partial charge < -0.3 is 10.4 Å². The molecule has 6 nitrogen and oxygen atoms in total. The molecule has 1 aromatic carbocycles. The third-order valence-corrected chi connectivity index (χ3v) is 3.18. The summed E-state index contributed by atoms with van der Waals surface area (Å²) in [4.78, 5) is 12.2. The number of carbonyl (C=O) groups excluding carboxylic acids is 1. The fourth-order valence-electron chi connectivity index (χ4n) is 2.07. The molecule has 1 atom stereocenters. The number of aliphatic hydroxyl groups is 1. The van der Waals surface area contributed by atoms with Crippen molar-refractivity contribution >= 4 is 5.91 Å². The predicted octanol–water partition coefficient (Wildman–Crippen LogP) is 1.41. The van der Waals surface area contributed by atoms with Gasteiger partial charge in [-0.25, -0.2) is 4.39 Å². The molecule has 2 N–H and O–H groups in total. The molecular weight excluding hydrogens is 287 g/mol. The van der Waals surface area contributed by atoms with Crippen LogP contribution in [0.1, 0.15) is 40.3 Å². The van der Waals surface area contributed by atoms with Crippen LogP contribution in [0.2, 0.25) is 0 Å². The van der Waals surface area contributed by atoms with Crippen LogP contribution in [0.3, 0.4) is 0 Å². The number of aryl methyl sites for hydroxylation is 1. The molecule has 0 aliphatic rings. The lowest BCUT2D eigenvalue weighted by Gasteiger charge is -2.12. The van der Waals surface area contributed by atoms with E-state index in [-0.39, 0.29) is 17.7 Å². The van der Waals surface area contributed by atoms with Crippen LogP contribution in [0, 0.1) is 17.1 Å². The average Bonchev–Trinajstić information content (AvgIpc) is 2.84. The molecule has 2 rings (SSSR count). The summed E-state index contributed by atoms with van der Waals surface area (Å²) < 4.78 is 14.6. The number of benzene rings is 1. The molecule has 22 heavy (non-hydrogen) atoms. The maximum absolute atomic E-state index is 13.2. The van der Waals surface area contributed by atoms with Crippen molar-refractivity contribution < 1.29 is 14.3 Å². The Hall–Kier alpha value is -2.72. The first kappa shape index (κ1) is 15.7. The summed E-state index contributed by atoms with van der Waals surface area (Å²) in [6.07, 6.45) is -0.962. The van der Waals surface area contributed by atoms with E-state index in [0.717, 1.165) is 12.1 Å². The second-order valence-corrected chi connectivity index (χ2v) is 4.85. The van der Waals surface area contributed by atoms with E-state index in [4.69, 9.17) is 5.26 Å². The van der Waals surface area contributed by atoms with Crippen molar-refractivity contribution in [3.63, 3.8) is 0 Å². The molecule has 0 spiro atoms. The van der Waals surface area contributed by atoms with Crippen LogP contribution < -0.4 is 5.32 Å². The molecule has 2 aromatic rings. The van der Waals surface area contributed by atoms with Gasteiger partial charge in [0, 0.05) is 12.6 Å². The van der Waals surface area contributed by atoms with Gasteiger partial charge in [-0.3, -0.25) is 9.48 Å². The van der Waals surface area contributed by atoms with Crippen molar-refractivity contribution in [2.45, 2.75) is 19.6 Å². The van der Waals surface area contributed by atoms with Gasteiger partial charge in [-0.05, 0) is 36.8 Å². The predicted molar refractivity (Wildman–Crippen MR) is 76.1 cm³/mol. The molecule has 1 aromatic heterocycles. The minimum Gasteiger partial charge on any atom is -0.389 e. The van der Waals surface area contributed by atoms with Crippen LogP contribution >= 0.6 is 0 Å². The smallest absolute Gasteiger partial charge is 0.251 e. The van der Waals surface area contributed by atoms with Gasteiger partial charge in [0.15, 0.2) is 0 Å². The second kappa shape index (κ2) is 6.37. The van der Waals surface area contributed by atoms with Crippen LogP contribution in [0.5, 0.6) is 0 Å². The Morgan fingerprint density at radius 3 is 2.86 bits per heavy atom. The maximum Gasteiger partial charge on any atom is 0.251 e. The standard InChI is InChI=1S/C15H15FN4O2/c1-9(21)14-5-10(16)3-4-13(14)15(22)18-8-11-6-12(7-17)20(2)19-11/h3-6,9,21H,8H2,1-2H3,(H,18,22)/t9-/m0/s1. The highest BCUT2D eigenvalue weighted by Crippen LogP contribution is 2.19. The first-order valence-corrected chi connectivity index (χ1v) is 6.61. The zero-order valence-electron chi connectivity index (χ0n) is 12.2. The summed E-state index contributed by atoms with van der Waals surface area (Å²) in [5, 5.41) is 25.2. The SMILES string of the molecule is C[C@H](O)c1cc(F)ccc1C(=O)NCc1cc(C#N)n(C)n1. The highest BCUT2D eigenvalue weighted by atomic mass is 19.1. The number of aromatic nitrogens is 2. The van der Waals surface area contributed by atoms with E-state index in [0.29, 0.717) is 11.4 Å². The molecule has 1 heterocycles. The van der Waals surface area contributed by atoms with Crippen LogP contribution in [-0.2, 0) is 13.6 Å². The highest BCUT2D eigenvalue weighted by molar-refractivity contribution is 5.95. The highest BCUT2D eigenvalue weighted by Gasteiger charge is 2.16. The maximum atomic E-state index is 13.2. The summed E-state index contributed by atoms with van der Waals surface area (Å²) in [7, 11) is 1.63. The Morgan fingerprint density at radius 1 is 1.55 bits per heavy atom. The summed E-state index contributed by atoms with van der Waals surface area (Å²) in [5.41, 5.74) is 1.34. The molecule has 0 fully saturated rings. The zero-order chi connectivity index (χ0) is 16.3. The molecular formula is C15H15FN4O2. The van der Waals surface area contributed by atoms with Gasteiger partial charge in [0.1, 0.15) is 17.6 Å². The molecule has 0 radical (unpaired) electrons. The second-order valence-electron chi connectivity index (χ2n) is 4.85. The van der Waals surface area contributed by atoms with Gasteiger partial charge in [0.05, 0.1) is 18.3 Å². The fourth-order valence-corrected chi connectivity index (χ4v) is 2.07. The Morgan fingerprint density at radius 2 is 2.27 bits per heavy atom. The summed E-state index contributed by atoms with van der Waals surface area (Å²) in [6.45, 7) is 1.59. The van der Waals surface area contributed by atoms with Crippen molar-refractivity contribution in [1.82, 2.24) is 15.1 Å². The fraction of sp³-hybridized carbons (Fsp3) is 0.267. The summed E-state index contributed by atoms with van der Waals surface area (Å²) in [5.74, 6) is -0.962. The third-order valence-electron chi connectivity index (χ3n) is 3.18. The summed E-state index contributed by atoms with van der Waals surface area (Å²) >= 11 is 0. The lowest BCUT2D eigenvalue weighted by molar-refractivity contribution is 0.0943. The van der Waals surface area contributed by atoms with Crippen LogP contribution in [0.4, 0.5) is 4.39 Å². The van der Waals surface area contributed by atoms with Crippen molar-refractivity contribution in [3.8, 4) is 6.07 Å². The number of amides is 1. The van der Waals surface area contributed by atoms with Gasteiger partial charge in [0.2, 0.25) is 0 Å². The van der Waals surface area contributed by atoms with E-state index >= 15 is 0 Å². The molecule has 0 unspecified atom stereocenters. The Kier molecular flexibility index (Phi) is 4.53. The van der Waals surface area contributed by atoms with Crippen LogP contribution in [0.25, 0.3) is 0 Å². The topological polar surface area (TPSA) is 90.9 Å². The number of carbonyl (C=O) groups is 1. The molecule has 0 bridgehead atoms. The zero-order valence-corrected chi connectivity index (χ0v) is 12.2. The molecule has 0 aliphatic heterocycles. The lowest BCUT2D eigenvalue weighted by Crippen LogP contribution is -2.24. The number of nitriles is 1. The quantitative estimate of drug-likeness (QED) is 0.893. The van der Waals surface area contributed by atoms with E-state index in [9.17, 15) is 14.3 Å². The number of rotatable bonds is 4. The van der Waals surface area contributed by atoms with Crippen molar-refractivity contribution in [3.05, 3.63) is 52.6 Å². The number of nitrogens with zero attached hydrogens (tertiary/aromatic N) is 3. The molecule has 0 saturated heterocycles. The van der Waals surface area contributed by atoms with E-state index in [1.165, 1.54) is 17.7 Å². The lowest BCUT2D eigenvalue weighted by atomic mass is 10.0. The van der Waals surface area contributed by atoms with Gasteiger partial charge in [-0.1, -0.05) is 0 Å². The van der Waals surface area contributed by atoms with Crippen molar-refractivity contribution in [1.29, 1.82) is 5.26 Å². The van der Waals surface area contributed by atoms with E-state index in [2.05, 4.69) is 10.4 Å². The molecule has 0 aliphatic carbocycles. The van der Waals surface area contributed by atoms with Crippen molar-refractivity contribution in [2.24, 2.45) is 7.05 Å². The third kappa shape index (κ3) is 3.30. The molecule has 7 heteroatoms. The normalized spacial score (nSPS) is 11.8.